The first-order valence-corrected chi connectivity index (χ1v) is 4.28. The molecule has 2 heterocycles. The van der Waals surface area contributed by atoms with E-state index in [2.05, 4.69) is 48.2 Å². The van der Waals surface area contributed by atoms with E-state index in [4.69, 9.17) is 0 Å². The maximum Gasteiger partial charge on any atom is 0.206 e. The number of tetrazole rings is 1. The molecular formula is C6H4IN5. The molecule has 2 aromatic heterocycles. The lowest BCUT2D eigenvalue weighted by atomic mass is 10.3. The van der Waals surface area contributed by atoms with Crippen LogP contribution < -0.4 is 0 Å². The Morgan fingerprint density at radius 1 is 1.33 bits per heavy atom. The summed E-state index contributed by atoms with van der Waals surface area (Å²) in [7, 11) is 0. The summed E-state index contributed by atoms with van der Waals surface area (Å²) in [6.07, 6.45) is 3.47. The van der Waals surface area contributed by atoms with Gasteiger partial charge in [0, 0.05) is 21.5 Å². The molecule has 5 nitrogen and oxygen atoms in total. The van der Waals surface area contributed by atoms with E-state index < -0.39 is 0 Å². The summed E-state index contributed by atoms with van der Waals surface area (Å²) in [5, 5.41) is 13.5. The lowest BCUT2D eigenvalue weighted by molar-refractivity contribution is 0.881. The van der Waals surface area contributed by atoms with Crippen molar-refractivity contribution >= 4 is 22.6 Å². The van der Waals surface area contributed by atoms with Crippen molar-refractivity contribution in [3.8, 4) is 11.4 Å². The third-order valence-corrected chi connectivity index (χ3v) is 1.90. The molecule has 0 aliphatic rings. The summed E-state index contributed by atoms with van der Waals surface area (Å²) < 4.78 is 1.05. The SMILES string of the molecule is Ic1cncc(-c2nn[nH]n2)c1. The highest BCUT2D eigenvalue weighted by Gasteiger charge is 2.02. The second kappa shape index (κ2) is 3.13. The summed E-state index contributed by atoms with van der Waals surface area (Å²) in [6, 6.07) is 1.94. The van der Waals surface area contributed by atoms with Crippen LogP contribution in [-0.2, 0) is 0 Å². The zero-order valence-electron chi connectivity index (χ0n) is 5.90. The molecule has 0 atom stereocenters. The van der Waals surface area contributed by atoms with E-state index in [-0.39, 0.29) is 0 Å². The van der Waals surface area contributed by atoms with Crippen molar-refractivity contribution in [3.63, 3.8) is 0 Å². The van der Waals surface area contributed by atoms with Gasteiger partial charge in [-0.3, -0.25) is 4.98 Å². The second-order valence-corrected chi connectivity index (χ2v) is 3.37. The van der Waals surface area contributed by atoms with Gasteiger partial charge in [0.2, 0.25) is 5.82 Å². The van der Waals surface area contributed by atoms with Crippen molar-refractivity contribution in [1.82, 2.24) is 25.6 Å². The van der Waals surface area contributed by atoms with E-state index in [1.54, 1.807) is 12.4 Å². The molecule has 12 heavy (non-hydrogen) atoms. The molecule has 0 aliphatic carbocycles. The lowest BCUT2D eigenvalue weighted by Crippen LogP contribution is -1.83. The van der Waals surface area contributed by atoms with Crippen molar-refractivity contribution in [2.45, 2.75) is 0 Å². The summed E-state index contributed by atoms with van der Waals surface area (Å²) in [5.41, 5.74) is 0.871. The van der Waals surface area contributed by atoms with Gasteiger partial charge in [-0.15, -0.1) is 10.2 Å². The molecule has 0 aliphatic heterocycles. The van der Waals surface area contributed by atoms with E-state index in [1.807, 2.05) is 6.07 Å². The maximum absolute atomic E-state index is 4.01. The summed E-state index contributed by atoms with van der Waals surface area (Å²) >= 11 is 2.18. The predicted molar refractivity (Wildman–Crippen MR) is 50.1 cm³/mol. The first-order chi connectivity index (χ1) is 5.86. The normalized spacial score (nSPS) is 10.1. The van der Waals surface area contributed by atoms with Crippen molar-refractivity contribution in [3.05, 3.63) is 22.0 Å². The zero-order valence-corrected chi connectivity index (χ0v) is 8.06. The van der Waals surface area contributed by atoms with Crippen LogP contribution in [0, 0.1) is 3.57 Å². The Hall–Kier alpha value is -1.05. The highest BCUT2D eigenvalue weighted by atomic mass is 127. The molecule has 0 unspecified atom stereocenters. The van der Waals surface area contributed by atoms with Crippen LogP contribution >= 0.6 is 22.6 Å². The molecule has 6 heteroatoms. The largest absolute Gasteiger partial charge is 0.263 e. The van der Waals surface area contributed by atoms with E-state index in [9.17, 15) is 0 Å². The minimum absolute atomic E-state index is 0.570. The number of aromatic amines is 1. The fourth-order valence-electron chi connectivity index (χ4n) is 0.818. The van der Waals surface area contributed by atoms with Crippen molar-refractivity contribution in [2.75, 3.05) is 0 Å². The smallest absolute Gasteiger partial charge is 0.206 e. The van der Waals surface area contributed by atoms with Crippen molar-refractivity contribution in [1.29, 1.82) is 0 Å². The third kappa shape index (κ3) is 1.42. The minimum atomic E-state index is 0.570. The number of nitrogens with one attached hydrogen (secondary N) is 1. The molecule has 0 aromatic carbocycles. The molecule has 0 spiro atoms. The average Bonchev–Trinajstić information content (AvgIpc) is 2.56. The number of nitrogens with zero attached hydrogens (tertiary/aromatic N) is 4. The highest BCUT2D eigenvalue weighted by Crippen LogP contribution is 2.13. The van der Waals surface area contributed by atoms with Gasteiger partial charge in [-0.2, -0.15) is 5.21 Å². The number of rotatable bonds is 1. The number of halogens is 1. The lowest BCUT2D eigenvalue weighted by Gasteiger charge is -1.92. The summed E-state index contributed by atoms with van der Waals surface area (Å²) in [4.78, 5) is 4.01. The fourth-order valence-corrected chi connectivity index (χ4v) is 1.31. The standard InChI is InChI=1S/C6H4IN5/c7-5-1-4(2-8-3-5)6-9-11-12-10-6/h1-3H,(H,9,10,11,12). The van der Waals surface area contributed by atoms with E-state index in [0.717, 1.165) is 9.13 Å². The van der Waals surface area contributed by atoms with Crippen LogP contribution in [0.1, 0.15) is 0 Å². The van der Waals surface area contributed by atoms with Gasteiger partial charge >= 0.3 is 0 Å². The Kier molecular flexibility index (Phi) is 1.98. The third-order valence-electron chi connectivity index (χ3n) is 1.31. The Bertz CT molecular complexity index is 371. The molecular weight excluding hydrogens is 269 g/mol. The van der Waals surface area contributed by atoms with Gasteiger partial charge in [0.1, 0.15) is 0 Å². The van der Waals surface area contributed by atoms with Crippen LogP contribution in [0.4, 0.5) is 0 Å². The van der Waals surface area contributed by atoms with Gasteiger partial charge in [0.05, 0.1) is 0 Å². The number of hydrogen-bond acceptors (Lipinski definition) is 4. The predicted octanol–water partition coefficient (Wildman–Crippen LogP) is 0.866. The second-order valence-electron chi connectivity index (χ2n) is 2.13. The van der Waals surface area contributed by atoms with E-state index in [0.29, 0.717) is 5.82 Å². The van der Waals surface area contributed by atoms with Crippen LogP contribution in [0.25, 0.3) is 11.4 Å². The van der Waals surface area contributed by atoms with Gasteiger partial charge in [0.25, 0.3) is 0 Å². The van der Waals surface area contributed by atoms with E-state index >= 15 is 0 Å². The van der Waals surface area contributed by atoms with Crippen LogP contribution in [0.5, 0.6) is 0 Å². The zero-order chi connectivity index (χ0) is 8.39. The van der Waals surface area contributed by atoms with Crippen LogP contribution in [0.2, 0.25) is 0 Å². The molecule has 0 bridgehead atoms. The summed E-state index contributed by atoms with van der Waals surface area (Å²) in [5.74, 6) is 0.570. The van der Waals surface area contributed by atoms with Gasteiger partial charge in [-0.05, 0) is 33.9 Å². The molecule has 60 valence electrons. The van der Waals surface area contributed by atoms with Gasteiger partial charge in [0.15, 0.2) is 0 Å². The minimum Gasteiger partial charge on any atom is -0.263 e. The number of aromatic nitrogens is 5. The Morgan fingerprint density at radius 3 is 2.92 bits per heavy atom. The Morgan fingerprint density at radius 2 is 2.25 bits per heavy atom. The molecule has 0 saturated heterocycles. The molecule has 2 rings (SSSR count). The van der Waals surface area contributed by atoms with Crippen molar-refractivity contribution in [2.24, 2.45) is 0 Å². The molecule has 0 saturated carbocycles. The van der Waals surface area contributed by atoms with Gasteiger partial charge in [-0.1, -0.05) is 0 Å². The van der Waals surface area contributed by atoms with Crippen LogP contribution in [0.3, 0.4) is 0 Å². The number of pyridine rings is 1. The Balaban J connectivity index is 2.48. The molecule has 1 N–H and O–H groups in total. The molecule has 2 aromatic rings. The first-order valence-electron chi connectivity index (χ1n) is 3.20. The van der Waals surface area contributed by atoms with E-state index in [1.165, 1.54) is 0 Å². The van der Waals surface area contributed by atoms with Crippen LogP contribution in [-0.4, -0.2) is 25.6 Å². The topological polar surface area (TPSA) is 67.3 Å². The fraction of sp³-hybridized carbons (Fsp3) is 0. The molecule has 0 amide bonds. The van der Waals surface area contributed by atoms with Gasteiger partial charge in [-0.25, -0.2) is 0 Å². The Labute approximate surface area is 81.7 Å². The average molecular weight is 273 g/mol. The summed E-state index contributed by atoms with van der Waals surface area (Å²) in [6.45, 7) is 0. The van der Waals surface area contributed by atoms with Crippen molar-refractivity contribution < 1.29 is 0 Å². The first kappa shape index (κ1) is 7.59. The maximum atomic E-state index is 4.01. The number of hydrogen-bond donors (Lipinski definition) is 1. The van der Waals surface area contributed by atoms with Crippen LogP contribution in [0.15, 0.2) is 18.5 Å². The quantitative estimate of drug-likeness (QED) is 0.783. The highest BCUT2D eigenvalue weighted by molar-refractivity contribution is 14.1. The molecule has 0 radical (unpaired) electrons. The monoisotopic (exact) mass is 273 g/mol. The number of H-pyrrole nitrogens is 1. The molecule has 0 fully saturated rings. The van der Waals surface area contributed by atoms with Gasteiger partial charge < -0.3 is 0 Å².